The average molecular weight is 213 g/mol. The van der Waals surface area contributed by atoms with Crippen LogP contribution in [0.15, 0.2) is 24.3 Å². The van der Waals surface area contributed by atoms with Crippen LogP contribution in [0.1, 0.15) is 24.0 Å². The Balaban J connectivity index is 2.32. The van der Waals surface area contributed by atoms with Gasteiger partial charge in [-0.15, -0.1) is 0 Å². The first-order valence-electron chi connectivity index (χ1n) is 4.92. The number of thiol groups is 1. The number of rotatable bonds is 1. The molecule has 1 nitrogen and oxygen atoms in total. The summed E-state index contributed by atoms with van der Waals surface area (Å²) < 4.78 is 0. The lowest BCUT2D eigenvalue weighted by molar-refractivity contribution is 0.908. The quantitative estimate of drug-likeness (QED) is 0.562. The molecule has 0 N–H and O–H groups in total. The molecule has 0 bridgehead atoms. The van der Waals surface area contributed by atoms with E-state index in [1.54, 1.807) is 0 Å². The average Bonchev–Trinajstić information content (AvgIpc) is 3.08. The summed E-state index contributed by atoms with van der Waals surface area (Å²) in [4.78, 5) is 0. The van der Waals surface area contributed by atoms with Crippen molar-refractivity contribution in [2.24, 2.45) is 0 Å². The van der Waals surface area contributed by atoms with E-state index in [0.29, 0.717) is 5.75 Å². The molecule has 0 unspecified atom stereocenters. The Labute approximate surface area is 95.5 Å². The van der Waals surface area contributed by atoms with Crippen LogP contribution in [-0.2, 0) is 5.41 Å². The van der Waals surface area contributed by atoms with Crippen LogP contribution in [0.25, 0.3) is 0 Å². The molecule has 0 radical (unpaired) electrons. The van der Waals surface area contributed by atoms with Crippen molar-refractivity contribution in [3.05, 3.63) is 35.4 Å². The summed E-state index contributed by atoms with van der Waals surface area (Å²) in [5.41, 5.74) is 1.87. The molecular formula is C13H11NS. The summed E-state index contributed by atoms with van der Waals surface area (Å²) in [7, 11) is 0. The van der Waals surface area contributed by atoms with Crippen molar-refractivity contribution in [3.8, 4) is 17.9 Å². The maximum absolute atomic E-state index is 9.08. The Kier molecular flexibility index (Phi) is 2.71. The van der Waals surface area contributed by atoms with Crippen LogP contribution in [0.5, 0.6) is 0 Å². The zero-order valence-electron chi connectivity index (χ0n) is 8.33. The zero-order chi connectivity index (χ0) is 10.7. The molecule has 74 valence electrons. The smallest absolute Gasteiger partial charge is 0.0824 e. The number of nitrogens with zero attached hydrogens (tertiary/aromatic N) is 1. The lowest BCUT2D eigenvalue weighted by atomic mass is 9.96. The van der Waals surface area contributed by atoms with E-state index in [0.717, 1.165) is 24.0 Å². The summed E-state index contributed by atoms with van der Waals surface area (Å²) in [6.45, 7) is 0. The summed E-state index contributed by atoms with van der Waals surface area (Å²) in [5, 5.41) is 9.08. The van der Waals surface area contributed by atoms with Crippen molar-refractivity contribution in [2.45, 2.75) is 18.3 Å². The van der Waals surface area contributed by atoms with Gasteiger partial charge in [-0.3, -0.25) is 0 Å². The van der Waals surface area contributed by atoms with Gasteiger partial charge in [-0.05, 0) is 30.5 Å². The topological polar surface area (TPSA) is 23.8 Å². The van der Waals surface area contributed by atoms with Crippen LogP contribution < -0.4 is 0 Å². The molecule has 1 aliphatic carbocycles. The predicted octanol–water partition coefficient (Wildman–Crippen LogP) is 2.52. The fourth-order valence-corrected chi connectivity index (χ4v) is 1.71. The van der Waals surface area contributed by atoms with Gasteiger partial charge in [0.25, 0.3) is 0 Å². The summed E-state index contributed by atoms with van der Waals surface area (Å²) in [6, 6.07) is 10.4. The summed E-state index contributed by atoms with van der Waals surface area (Å²) in [6.07, 6.45) is 1.96. The summed E-state index contributed by atoms with van der Waals surface area (Å²) in [5.74, 6) is 6.50. The molecule has 15 heavy (non-hydrogen) atoms. The SMILES string of the molecule is N#CC1(c2cccc(C#CCS)c2)CC1. The van der Waals surface area contributed by atoms with Gasteiger partial charge in [0.2, 0.25) is 0 Å². The molecular weight excluding hydrogens is 202 g/mol. The van der Waals surface area contributed by atoms with E-state index in [-0.39, 0.29) is 5.41 Å². The van der Waals surface area contributed by atoms with Gasteiger partial charge in [0.1, 0.15) is 0 Å². The second kappa shape index (κ2) is 4.01. The maximum atomic E-state index is 9.08. The lowest BCUT2D eigenvalue weighted by Crippen LogP contribution is -2.02. The van der Waals surface area contributed by atoms with Gasteiger partial charge in [0.15, 0.2) is 0 Å². The van der Waals surface area contributed by atoms with Gasteiger partial charge in [-0.2, -0.15) is 17.9 Å². The Morgan fingerprint density at radius 2 is 2.20 bits per heavy atom. The van der Waals surface area contributed by atoms with Crippen LogP contribution in [-0.4, -0.2) is 5.75 Å². The first-order valence-corrected chi connectivity index (χ1v) is 5.55. The van der Waals surface area contributed by atoms with Crippen LogP contribution >= 0.6 is 12.6 Å². The highest BCUT2D eigenvalue weighted by atomic mass is 32.1. The molecule has 1 saturated carbocycles. The van der Waals surface area contributed by atoms with Crippen molar-refractivity contribution in [1.82, 2.24) is 0 Å². The van der Waals surface area contributed by atoms with Crippen molar-refractivity contribution >= 4 is 12.6 Å². The lowest BCUT2D eigenvalue weighted by Gasteiger charge is -2.05. The third-order valence-corrected chi connectivity index (χ3v) is 2.85. The molecule has 0 saturated heterocycles. The van der Waals surface area contributed by atoms with Crippen LogP contribution in [0.4, 0.5) is 0 Å². The molecule has 0 aliphatic heterocycles. The molecule has 0 heterocycles. The zero-order valence-corrected chi connectivity index (χ0v) is 9.22. The van der Waals surface area contributed by atoms with Gasteiger partial charge in [0.05, 0.1) is 17.2 Å². The highest BCUT2D eigenvalue weighted by Crippen LogP contribution is 2.47. The Bertz CT molecular complexity index is 469. The van der Waals surface area contributed by atoms with Crippen LogP contribution in [0, 0.1) is 23.2 Å². The van der Waals surface area contributed by atoms with Gasteiger partial charge in [0, 0.05) is 5.56 Å². The largest absolute Gasteiger partial charge is 0.197 e. The van der Waals surface area contributed by atoms with Gasteiger partial charge >= 0.3 is 0 Å². The molecule has 1 fully saturated rings. The maximum Gasteiger partial charge on any atom is 0.0824 e. The minimum absolute atomic E-state index is 0.210. The summed E-state index contributed by atoms with van der Waals surface area (Å²) >= 11 is 4.04. The molecule has 1 aromatic carbocycles. The van der Waals surface area contributed by atoms with Crippen molar-refractivity contribution in [1.29, 1.82) is 5.26 Å². The monoisotopic (exact) mass is 213 g/mol. The van der Waals surface area contributed by atoms with Gasteiger partial charge in [-0.1, -0.05) is 24.0 Å². The van der Waals surface area contributed by atoms with E-state index in [1.807, 2.05) is 24.3 Å². The van der Waals surface area contributed by atoms with E-state index < -0.39 is 0 Å². The predicted molar refractivity (Wildman–Crippen MR) is 63.7 cm³/mol. The van der Waals surface area contributed by atoms with Crippen LogP contribution in [0.2, 0.25) is 0 Å². The molecule has 1 aliphatic rings. The third kappa shape index (κ3) is 2.01. The fraction of sp³-hybridized carbons (Fsp3) is 0.308. The van der Waals surface area contributed by atoms with E-state index in [2.05, 4.69) is 30.5 Å². The molecule has 2 heteroatoms. The second-order valence-corrected chi connectivity index (χ2v) is 4.05. The van der Waals surface area contributed by atoms with Crippen molar-refractivity contribution in [3.63, 3.8) is 0 Å². The number of hydrogen-bond acceptors (Lipinski definition) is 2. The fourth-order valence-electron chi connectivity index (χ4n) is 1.63. The Morgan fingerprint density at radius 3 is 2.80 bits per heavy atom. The number of hydrogen-bond donors (Lipinski definition) is 1. The van der Waals surface area contributed by atoms with E-state index in [1.165, 1.54) is 0 Å². The second-order valence-electron chi connectivity index (χ2n) is 3.73. The van der Waals surface area contributed by atoms with Crippen molar-refractivity contribution in [2.75, 3.05) is 5.75 Å². The molecule has 0 spiro atoms. The molecule has 0 atom stereocenters. The van der Waals surface area contributed by atoms with E-state index >= 15 is 0 Å². The van der Waals surface area contributed by atoms with Crippen LogP contribution in [0.3, 0.4) is 0 Å². The van der Waals surface area contributed by atoms with E-state index in [9.17, 15) is 0 Å². The normalized spacial score (nSPS) is 16.0. The third-order valence-electron chi connectivity index (χ3n) is 2.69. The minimum atomic E-state index is -0.210. The highest BCUT2D eigenvalue weighted by Gasteiger charge is 2.44. The Morgan fingerprint density at radius 1 is 1.40 bits per heavy atom. The standard InChI is InChI=1S/C13H11NS/c14-10-13(6-7-13)12-5-1-3-11(9-12)4-2-8-15/h1,3,5,9,15H,6-8H2. The Hall–Kier alpha value is -1.38. The molecule has 2 rings (SSSR count). The van der Waals surface area contributed by atoms with Crippen molar-refractivity contribution < 1.29 is 0 Å². The molecule has 0 aromatic heterocycles. The minimum Gasteiger partial charge on any atom is -0.197 e. The first-order chi connectivity index (χ1) is 7.30. The highest BCUT2D eigenvalue weighted by molar-refractivity contribution is 7.80. The van der Waals surface area contributed by atoms with Gasteiger partial charge in [-0.25, -0.2) is 0 Å². The number of nitriles is 1. The molecule has 0 amide bonds. The van der Waals surface area contributed by atoms with E-state index in [4.69, 9.17) is 5.26 Å². The molecule has 1 aromatic rings. The number of benzene rings is 1. The van der Waals surface area contributed by atoms with Gasteiger partial charge < -0.3 is 0 Å². The first kappa shape index (κ1) is 10.1.